The third kappa shape index (κ3) is 42.4. The Balaban J connectivity index is 1.86. The van der Waals surface area contributed by atoms with E-state index in [2.05, 4.69) is 0 Å². The van der Waals surface area contributed by atoms with E-state index in [0.29, 0.717) is 63.5 Å². The number of carbonyl (C=O) groups is 11. The third-order valence-electron chi connectivity index (χ3n) is 13.0. The van der Waals surface area contributed by atoms with Crippen molar-refractivity contribution in [2.45, 2.75) is 214 Å². The van der Waals surface area contributed by atoms with Gasteiger partial charge < -0.3 is 52.8 Å². The zero-order valence-corrected chi connectivity index (χ0v) is 52.2. The van der Waals surface area contributed by atoms with E-state index < -0.39 is 86.7 Å². The molecule has 0 bridgehead atoms. The van der Waals surface area contributed by atoms with Crippen LogP contribution >= 0.6 is 47.0 Å². The molecule has 2 aliphatic heterocycles. The molecule has 2 fully saturated rings. The molecule has 0 aromatic carbocycles. The van der Waals surface area contributed by atoms with E-state index in [-0.39, 0.29) is 109 Å². The Morgan fingerprint density at radius 3 is 0.857 bits per heavy atom. The van der Waals surface area contributed by atoms with Crippen molar-refractivity contribution in [3.8, 4) is 0 Å². The molecule has 0 saturated carbocycles. The molecule has 0 aliphatic carbocycles. The number of ether oxygens (including phenoxy) is 9. The molecule has 2 N–H and O–H groups in total. The molecule has 480 valence electrons. The fraction of sp³-hybridized carbons (Fsp3) is 0.810. The zero-order chi connectivity index (χ0) is 61.3. The van der Waals surface area contributed by atoms with Crippen molar-refractivity contribution in [1.82, 2.24) is 0 Å². The minimum absolute atomic E-state index is 0.0409. The molecule has 4 unspecified atom stereocenters. The lowest BCUT2D eigenvalue weighted by molar-refractivity contribution is -0.150. The third-order valence-corrected chi connectivity index (χ3v) is 17.8. The summed E-state index contributed by atoms with van der Waals surface area (Å²) in [5.41, 5.74) is 0. The largest absolute Gasteiger partial charge is 0.481 e. The number of aliphatic carboxylic acids is 2. The SMILES string of the molecule is O=C(O)CSC1CC(=O)OCCCCCCCCOC(=O)CC(SCCCOC(=O)CCSC2CC(=O)OCCCCCCCCOC(=O)CC(SCC(=O)O)C(=O)OCCCCCCCCOC2=O)C(=O)OCCCCCCCCOC1=O. The summed E-state index contributed by atoms with van der Waals surface area (Å²) < 4.78 is 48.9. The molecular weight excluding hydrogens is 1180 g/mol. The van der Waals surface area contributed by atoms with Gasteiger partial charge in [-0.3, -0.25) is 52.7 Å². The lowest BCUT2D eigenvalue weighted by Crippen LogP contribution is -2.26. The number of esters is 9. The van der Waals surface area contributed by atoms with Crippen LogP contribution in [-0.4, -0.2) is 179 Å². The van der Waals surface area contributed by atoms with Gasteiger partial charge in [-0.25, -0.2) is 0 Å². The van der Waals surface area contributed by atoms with Crippen molar-refractivity contribution in [3.05, 3.63) is 0 Å². The van der Waals surface area contributed by atoms with Crippen LogP contribution in [0.5, 0.6) is 0 Å². The Kier molecular flexibility index (Phi) is 45.7. The van der Waals surface area contributed by atoms with Crippen LogP contribution in [0, 0.1) is 0 Å². The molecule has 2 heterocycles. The molecule has 0 spiro atoms. The second-order valence-corrected chi connectivity index (χ2v) is 25.3. The number of carboxylic acids is 2. The van der Waals surface area contributed by atoms with Crippen LogP contribution in [0.15, 0.2) is 0 Å². The molecule has 0 amide bonds. The summed E-state index contributed by atoms with van der Waals surface area (Å²) in [6.45, 7) is 1.28. The maximum Gasteiger partial charge on any atom is 0.319 e. The van der Waals surface area contributed by atoms with Gasteiger partial charge in [-0.2, -0.15) is 0 Å². The van der Waals surface area contributed by atoms with E-state index in [1.807, 2.05) is 0 Å². The maximum atomic E-state index is 13.3. The molecule has 4 atom stereocenters. The fourth-order valence-electron chi connectivity index (χ4n) is 8.31. The van der Waals surface area contributed by atoms with Gasteiger partial charge in [0.25, 0.3) is 0 Å². The monoisotopic (exact) mass is 1270 g/mol. The Bertz CT molecular complexity index is 1940. The van der Waals surface area contributed by atoms with Gasteiger partial charge in [0.2, 0.25) is 0 Å². The smallest absolute Gasteiger partial charge is 0.319 e. The van der Waals surface area contributed by atoms with Crippen molar-refractivity contribution in [3.63, 3.8) is 0 Å². The van der Waals surface area contributed by atoms with Crippen molar-refractivity contribution >= 4 is 113 Å². The van der Waals surface area contributed by atoms with E-state index in [1.165, 1.54) is 11.8 Å². The molecule has 0 aromatic heterocycles. The van der Waals surface area contributed by atoms with E-state index in [0.717, 1.165) is 138 Å². The predicted molar refractivity (Wildman–Crippen MR) is 317 cm³/mol. The first kappa shape index (κ1) is 75.7. The molecule has 22 nitrogen and oxygen atoms in total. The van der Waals surface area contributed by atoms with Gasteiger partial charge in [-0.1, -0.05) is 103 Å². The number of carboxylic acid groups (broad SMARTS) is 2. The Hall–Kier alpha value is -4.43. The Morgan fingerprint density at radius 1 is 0.345 bits per heavy atom. The van der Waals surface area contributed by atoms with Crippen LogP contribution in [0.4, 0.5) is 0 Å². The fourth-order valence-corrected chi connectivity index (χ4v) is 12.0. The minimum atomic E-state index is -1.11. The van der Waals surface area contributed by atoms with Crippen LogP contribution in [0.25, 0.3) is 0 Å². The summed E-state index contributed by atoms with van der Waals surface area (Å²) in [5.74, 6) is -7.58. The summed E-state index contributed by atoms with van der Waals surface area (Å²) in [6, 6.07) is 0. The highest BCUT2D eigenvalue weighted by molar-refractivity contribution is 8.01. The van der Waals surface area contributed by atoms with E-state index in [1.54, 1.807) is 0 Å². The van der Waals surface area contributed by atoms with Crippen LogP contribution in [-0.2, 0) is 95.4 Å². The van der Waals surface area contributed by atoms with Gasteiger partial charge in [0.1, 0.15) is 21.0 Å². The highest BCUT2D eigenvalue weighted by Crippen LogP contribution is 2.24. The van der Waals surface area contributed by atoms with Gasteiger partial charge in [0.15, 0.2) is 0 Å². The number of rotatable bonds is 15. The summed E-state index contributed by atoms with van der Waals surface area (Å²) >= 11 is 4.00. The average molecular weight is 1270 g/mol. The van der Waals surface area contributed by atoms with Crippen molar-refractivity contribution < 1.29 is 106 Å². The molecular formula is C58H92O22S4. The number of thioether (sulfide) groups is 4. The lowest BCUT2D eigenvalue weighted by Gasteiger charge is -2.16. The number of hydrogen-bond acceptors (Lipinski definition) is 24. The summed E-state index contributed by atoms with van der Waals surface area (Å²) in [4.78, 5) is 138. The highest BCUT2D eigenvalue weighted by Gasteiger charge is 2.29. The number of hydrogen-bond donors (Lipinski definition) is 2. The number of carbonyl (C=O) groups excluding carboxylic acids is 9. The van der Waals surface area contributed by atoms with E-state index in [4.69, 9.17) is 52.8 Å². The maximum absolute atomic E-state index is 13.3. The Labute approximate surface area is 511 Å². The summed E-state index contributed by atoms with van der Waals surface area (Å²) in [6.07, 6.45) is 17.0. The normalized spacial score (nSPS) is 23.0. The van der Waals surface area contributed by atoms with Crippen LogP contribution in [0.3, 0.4) is 0 Å². The van der Waals surface area contributed by atoms with E-state index in [9.17, 15) is 52.7 Å². The van der Waals surface area contributed by atoms with Crippen molar-refractivity contribution in [2.24, 2.45) is 0 Å². The van der Waals surface area contributed by atoms with Crippen LogP contribution < -0.4 is 0 Å². The molecule has 26 heteroatoms. The molecule has 0 aromatic rings. The van der Waals surface area contributed by atoms with Gasteiger partial charge >= 0.3 is 65.7 Å². The first-order valence-corrected chi connectivity index (χ1v) is 34.2. The van der Waals surface area contributed by atoms with Crippen molar-refractivity contribution in [1.29, 1.82) is 0 Å². The highest BCUT2D eigenvalue weighted by atomic mass is 32.2. The molecule has 2 aliphatic rings. The van der Waals surface area contributed by atoms with Crippen LogP contribution in [0.1, 0.15) is 193 Å². The summed E-state index contributed by atoms with van der Waals surface area (Å²) in [7, 11) is 0. The van der Waals surface area contributed by atoms with Crippen molar-refractivity contribution in [2.75, 3.05) is 82.5 Å². The second-order valence-electron chi connectivity index (χ2n) is 20.3. The first-order valence-electron chi connectivity index (χ1n) is 30.0. The van der Waals surface area contributed by atoms with E-state index >= 15 is 0 Å². The quantitative estimate of drug-likeness (QED) is 0.0876. The molecule has 0 radical (unpaired) electrons. The zero-order valence-electron chi connectivity index (χ0n) is 48.9. The first-order chi connectivity index (χ1) is 40.6. The van der Waals surface area contributed by atoms with Crippen LogP contribution in [0.2, 0.25) is 0 Å². The molecule has 84 heavy (non-hydrogen) atoms. The second kappa shape index (κ2) is 50.7. The topological polar surface area (TPSA) is 311 Å². The molecule has 2 rings (SSSR count). The van der Waals surface area contributed by atoms with Gasteiger partial charge in [0.05, 0.1) is 103 Å². The van der Waals surface area contributed by atoms with Gasteiger partial charge in [-0.05, 0) is 63.5 Å². The summed E-state index contributed by atoms with van der Waals surface area (Å²) in [5, 5.41) is 14.5. The number of cyclic esters (lactones) is 8. The Morgan fingerprint density at radius 2 is 0.583 bits per heavy atom. The predicted octanol–water partition coefficient (Wildman–Crippen LogP) is 9.18. The lowest BCUT2D eigenvalue weighted by atomic mass is 10.1. The van der Waals surface area contributed by atoms with Gasteiger partial charge in [0, 0.05) is 5.75 Å². The minimum Gasteiger partial charge on any atom is -0.481 e. The average Bonchev–Trinajstić information content (AvgIpc) is 3.45. The standard InChI is InChI=1S/C58H92O22S4/c59-48(60)42-83-46-40-53(66)75-29-19-11-3-1-9-17-27-73-51(64)38-44(55(68)77-31-21-13-5-7-15-23-33-79-57(46)70)81-36-25-35-72-50(63)26-37-82-45-39-52(65)74-28-18-10-2-4-12-20-30-76-54(67)41-47(84-43-49(61)62)58(71)80-34-24-16-8-6-14-22-32-78-56(45)69/h44-47H,1-43H2,(H,59,60)(H,61,62). The molecule has 2 saturated heterocycles. The van der Waals surface area contributed by atoms with Gasteiger partial charge in [-0.15, -0.1) is 47.0 Å².